The van der Waals surface area contributed by atoms with E-state index in [1.165, 1.54) is 5.56 Å². The van der Waals surface area contributed by atoms with E-state index in [1.807, 2.05) is 43.5 Å². The van der Waals surface area contributed by atoms with E-state index < -0.39 is 0 Å². The van der Waals surface area contributed by atoms with Crippen molar-refractivity contribution in [1.82, 2.24) is 15.1 Å². The summed E-state index contributed by atoms with van der Waals surface area (Å²) in [6.45, 7) is 2.66. The molecule has 0 atom stereocenters. The second-order valence-electron chi connectivity index (χ2n) is 5.20. The van der Waals surface area contributed by atoms with Crippen LogP contribution >= 0.6 is 0 Å². The van der Waals surface area contributed by atoms with E-state index in [2.05, 4.69) is 21.2 Å². The molecule has 2 aromatic heterocycles. The number of hydrogen-bond donors (Lipinski definition) is 0. The van der Waals surface area contributed by atoms with Gasteiger partial charge in [-0.2, -0.15) is 4.98 Å². The summed E-state index contributed by atoms with van der Waals surface area (Å²) in [6, 6.07) is 11.8. The third-order valence-corrected chi connectivity index (χ3v) is 3.48. The molecule has 0 N–H and O–H groups in total. The van der Waals surface area contributed by atoms with E-state index in [0.29, 0.717) is 18.3 Å². The molecule has 5 heteroatoms. The van der Waals surface area contributed by atoms with Crippen LogP contribution in [0.3, 0.4) is 0 Å². The van der Waals surface area contributed by atoms with Crippen LogP contribution in [0, 0.1) is 0 Å². The summed E-state index contributed by atoms with van der Waals surface area (Å²) < 4.78 is 10.9. The lowest BCUT2D eigenvalue weighted by molar-refractivity contribution is 0.311. The van der Waals surface area contributed by atoms with Crippen molar-refractivity contribution in [2.24, 2.45) is 0 Å². The monoisotopic (exact) mass is 309 g/mol. The highest BCUT2D eigenvalue weighted by Gasteiger charge is 2.07. The molecule has 0 saturated carbocycles. The molecule has 3 rings (SSSR count). The number of rotatable bonds is 7. The Balaban J connectivity index is 1.49. The molecule has 118 valence electrons. The molecule has 5 nitrogen and oxygen atoms in total. The zero-order valence-corrected chi connectivity index (χ0v) is 13.1. The highest BCUT2D eigenvalue weighted by Crippen LogP contribution is 2.20. The average molecular weight is 309 g/mol. The molecule has 0 aliphatic heterocycles. The van der Waals surface area contributed by atoms with Gasteiger partial charge in [0.15, 0.2) is 0 Å². The van der Waals surface area contributed by atoms with Crippen LogP contribution in [0.4, 0.5) is 0 Å². The van der Waals surface area contributed by atoms with Crippen LogP contribution in [0.15, 0.2) is 53.3 Å². The maximum atomic E-state index is 5.76. The first-order valence-electron chi connectivity index (χ1n) is 7.80. The Labute approximate surface area is 135 Å². The predicted molar refractivity (Wildman–Crippen MR) is 87.2 cm³/mol. The second-order valence-corrected chi connectivity index (χ2v) is 5.20. The molecular formula is C18H19N3O2. The van der Waals surface area contributed by atoms with Crippen molar-refractivity contribution in [2.75, 3.05) is 6.61 Å². The minimum atomic E-state index is 0.616. The maximum absolute atomic E-state index is 5.76. The number of ether oxygens (including phenoxy) is 1. The van der Waals surface area contributed by atoms with E-state index >= 15 is 0 Å². The quantitative estimate of drug-likeness (QED) is 0.623. The lowest BCUT2D eigenvalue weighted by atomic mass is 10.2. The fourth-order valence-corrected chi connectivity index (χ4v) is 2.23. The number of nitrogens with zero attached hydrogens (tertiary/aromatic N) is 3. The van der Waals surface area contributed by atoms with Gasteiger partial charge in [0.05, 0.1) is 6.61 Å². The number of aromatic nitrogens is 3. The zero-order valence-electron chi connectivity index (χ0n) is 13.1. The third-order valence-electron chi connectivity index (χ3n) is 3.48. The average Bonchev–Trinajstić information content (AvgIpc) is 3.09. The van der Waals surface area contributed by atoms with Crippen molar-refractivity contribution in [3.8, 4) is 17.1 Å². The molecule has 0 amide bonds. The highest BCUT2D eigenvalue weighted by atomic mass is 16.5. The topological polar surface area (TPSA) is 61.0 Å². The molecular weight excluding hydrogens is 290 g/mol. The fraction of sp³-hybridized carbons (Fsp3) is 0.278. The molecule has 0 aliphatic carbocycles. The SMILES string of the molecule is CCc1nc(-c2ccc(OCCCc3cccnc3)cc2)no1. The van der Waals surface area contributed by atoms with Crippen LogP contribution in [0.2, 0.25) is 0 Å². The highest BCUT2D eigenvalue weighted by molar-refractivity contribution is 5.55. The molecule has 23 heavy (non-hydrogen) atoms. The van der Waals surface area contributed by atoms with Crippen LogP contribution in [0.5, 0.6) is 5.75 Å². The molecule has 0 spiro atoms. The molecule has 0 aliphatic rings. The largest absolute Gasteiger partial charge is 0.494 e. The number of pyridine rings is 1. The second kappa shape index (κ2) is 7.54. The molecule has 0 saturated heterocycles. The zero-order chi connectivity index (χ0) is 15.9. The first-order valence-corrected chi connectivity index (χ1v) is 7.80. The van der Waals surface area contributed by atoms with Crippen molar-refractivity contribution in [3.05, 3.63) is 60.2 Å². The smallest absolute Gasteiger partial charge is 0.226 e. The first kappa shape index (κ1) is 15.2. The van der Waals surface area contributed by atoms with Gasteiger partial charge in [-0.05, 0) is 48.7 Å². The summed E-state index contributed by atoms with van der Waals surface area (Å²) in [5.74, 6) is 2.11. The van der Waals surface area contributed by atoms with Gasteiger partial charge >= 0.3 is 0 Å². The van der Waals surface area contributed by atoms with Crippen LogP contribution in [0.1, 0.15) is 24.8 Å². The molecule has 3 aromatic rings. The van der Waals surface area contributed by atoms with Gasteiger partial charge in [-0.1, -0.05) is 18.1 Å². The molecule has 2 heterocycles. The van der Waals surface area contributed by atoms with E-state index in [1.54, 1.807) is 6.20 Å². The maximum Gasteiger partial charge on any atom is 0.226 e. The van der Waals surface area contributed by atoms with Gasteiger partial charge in [-0.15, -0.1) is 0 Å². The lowest BCUT2D eigenvalue weighted by Gasteiger charge is -2.06. The minimum absolute atomic E-state index is 0.616. The fourth-order valence-electron chi connectivity index (χ4n) is 2.23. The Morgan fingerprint density at radius 3 is 2.70 bits per heavy atom. The van der Waals surface area contributed by atoms with Crippen molar-refractivity contribution in [2.45, 2.75) is 26.2 Å². The Morgan fingerprint density at radius 1 is 1.13 bits per heavy atom. The van der Waals surface area contributed by atoms with E-state index in [9.17, 15) is 0 Å². The Hall–Kier alpha value is -2.69. The lowest BCUT2D eigenvalue weighted by Crippen LogP contribution is -1.99. The minimum Gasteiger partial charge on any atom is -0.494 e. The summed E-state index contributed by atoms with van der Waals surface area (Å²) in [5.41, 5.74) is 2.16. The number of benzene rings is 1. The summed E-state index contributed by atoms with van der Waals surface area (Å²) in [6.07, 6.45) is 6.34. The van der Waals surface area contributed by atoms with Crippen molar-refractivity contribution in [1.29, 1.82) is 0 Å². The van der Waals surface area contributed by atoms with E-state index in [-0.39, 0.29) is 0 Å². The molecule has 0 bridgehead atoms. The Morgan fingerprint density at radius 2 is 2.00 bits per heavy atom. The van der Waals surface area contributed by atoms with Crippen LogP contribution in [-0.4, -0.2) is 21.7 Å². The van der Waals surface area contributed by atoms with E-state index in [0.717, 1.165) is 30.6 Å². The van der Waals surface area contributed by atoms with Crippen LogP contribution in [0.25, 0.3) is 11.4 Å². The van der Waals surface area contributed by atoms with Crippen molar-refractivity contribution in [3.63, 3.8) is 0 Å². The van der Waals surface area contributed by atoms with Crippen molar-refractivity contribution < 1.29 is 9.26 Å². The van der Waals surface area contributed by atoms with Gasteiger partial charge in [0.1, 0.15) is 5.75 Å². The molecule has 1 aromatic carbocycles. The van der Waals surface area contributed by atoms with Gasteiger partial charge in [-0.25, -0.2) is 0 Å². The first-order chi connectivity index (χ1) is 11.3. The van der Waals surface area contributed by atoms with Gasteiger partial charge in [-0.3, -0.25) is 4.98 Å². The predicted octanol–water partition coefficient (Wildman–Crippen LogP) is 3.71. The summed E-state index contributed by atoms with van der Waals surface area (Å²) in [4.78, 5) is 8.42. The summed E-state index contributed by atoms with van der Waals surface area (Å²) >= 11 is 0. The summed E-state index contributed by atoms with van der Waals surface area (Å²) in [5, 5.41) is 3.96. The summed E-state index contributed by atoms with van der Waals surface area (Å²) in [7, 11) is 0. The Bertz CT molecular complexity index is 724. The van der Waals surface area contributed by atoms with Gasteiger partial charge in [0.25, 0.3) is 0 Å². The molecule has 0 fully saturated rings. The van der Waals surface area contributed by atoms with Crippen LogP contribution in [-0.2, 0) is 12.8 Å². The Kier molecular flexibility index (Phi) is 4.99. The normalized spacial score (nSPS) is 10.7. The molecule has 0 unspecified atom stereocenters. The van der Waals surface area contributed by atoms with E-state index in [4.69, 9.17) is 9.26 Å². The van der Waals surface area contributed by atoms with Gasteiger partial charge in [0, 0.05) is 24.4 Å². The molecule has 0 radical (unpaired) electrons. The number of aryl methyl sites for hydroxylation is 2. The van der Waals surface area contributed by atoms with Gasteiger partial charge < -0.3 is 9.26 Å². The third kappa shape index (κ3) is 4.16. The van der Waals surface area contributed by atoms with Gasteiger partial charge in [0.2, 0.25) is 11.7 Å². The number of hydrogen-bond acceptors (Lipinski definition) is 5. The van der Waals surface area contributed by atoms with Crippen LogP contribution < -0.4 is 4.74 Å². The standard InChI is InChI=1S/C18H19N3O2/c1-2-17-20-18(21-23-17)15-7-9-16(10-8-15)22-12-4-6-14-5-3-11-19-13-14/h3,5,7-11,13H,2,4,6,12H2,1H3. The van der Waals surface area contributed by atoms with Crippen molar-refractivity contribution >= 4 is 0 Å².